The summed E-state index contributed by atoms with van der Waals surface area (Å²) in [5.41, 5.74) is 0.360. The Bertz CT molecular complexity index is 204. The first-order valence-electron chi connectivity index (χ1n) is 6.14. The molecule has 1 heterocycles. The molecule has 0 aromatic rings. The normalized spacial score (nSPS) is 44.8. The second-order valence-corrected chi connectivity index (χ2v) is 5.45. The largest absolute Gasteiger partial charge is 0.310 e. The highest BCUT2D eigenvalue weighted by atomic mass is 15.2. The minimum atomic E-state index is 0.360. The van der Waals surface area contributed by atoms with Crippen molar-refractivity contribution in [2.24, 2.45) is 5.92 Å². The van der Waals surface area contributed by atoms with Crippen LogP contribution in [0.2, 0.25) is 0 Å². The first-order valence-corrected chi connectivity index (χ1v) is 6.14. The van der Waals surface area contributed by atoms with E-state index in [2.05, 4.69) is 31.0 Å². The quantitative estimate of drug-likeness (QED) is 0.725. The molecule has 14 heavy (non-hydrogen) atoms. The number of rotatable bonds is 2. The van der Waals surface area contributed by atoms with Crippen LogP contribution >= 0.6 is 0 Å². The zero-order chi connectivity index (χ0) is 10.2. The lowest BCUT2D eigenvalue weighted by atomic mass is 9.98. The van der Waals surface area contributed by atoms with Crippen LogP contribution in [-0.4, -0.2) is 36.1 Å². The van der Waals surface area contributed by atoms with Crippen molar-refractivity contribution in [3.05, 3.63) is 0 Å². The zero-order valence-corrected chi connectivity index (χ0v) is 9.84. The fourth-order valence-corrected chi connectivity index (χ4v) is 2.59. The lowest BCUT2D eigenvalue weighted by molar-refractivity contribution is 0.201. The van der Waals surface area contributed by atoms with E-state index in [1.54, 1.807) is 0 Å². The molecule has 82 valence electrons. The summed E-state index contributed by atoms with van der Waals surface area (Å²) in [5.74, 6) is 0.953. The van der Waals surface area contributed by atoms with Crippen molar-refractivity contribution in [2.75, 3.05) is 19.6 Å². The van der Waals surface area contributed by atoms with Crippen LogP contribution in [0.15, 0.2) is 0 Å². The van der Waals surface area contributed by atoms with Gasteiger partial charge in [-0.1, -0.05) is 13.8 Å². The summed E-state index contributed by atoms with van der Waals surface area (Å²) in [6.07, 6.45) is 3.99. The third kappa shape index (κ3) is 2.12. The monoisotopic (exact) mass is 196 g/mol. The average Bonchev–Trinajstić information content (AvgIpc) is 2.90. The third-order valence-corrected chi connectivity index (χ3v) is 4.04. The fourth-order valence-electron chi connectivity index (χ4n) is 2.59. The molecule has 0 aromatic carbocycles. The number of nitrogens with zero attached hydrogens (tertiary/aromatic N) is 1. The molecule has 0 spiro atoms. The molecule has 2 rings (SSSR count). The van der Waals surface area contributed by atoms with Gasteiger partial charge in [0.15, 0.2) is 0 Å². The van der Waals surface area contributed by atoms with Crippen LogP contribution in [0.3, 0.4) is 0 Å². The van der Waals surface area contributed by atoms with Crippen LogP contribution in [-0.2, 0) is 0 Å². The molecule has 3 atom stereocenters. The van der Waals surface area contributed by atoms with E-state index in [0.29, 0.717) is 5.54 Å². The van der Waals surface area contributed by atoms with Gasteiger partial charge in [0.1, 0.15) is 0 Å². The van der Waals surface area contributed by atoms with Crippen LogP contribution in [0.4, 0.5) is 0 Å². The van der Waals surface area contributed by atoms with Crippen LogP contribution in [0.1, 0.15) is 40.0 Å². The SMILES string of the molecule is CCC1(C)CN(C2CC2C)CCCN1. The van der Waals surface area contributed by atoms with Gasteiger partial charge in [0.25, 0.3) is 0 Å². The second kappa shape index (κ2) is 3.82. The third-order valence-electron chi connectivity index (χ3n) is 4.04. The fraction of sp³-hybridized carbons (Fsp3) is 1.00. The van der Waals surface area contributed by atoms with Gasteiger partial charge in [0, 0.05) is 18.1 Å². The summed E-state index contributed by atoms with van der Waals surface area (Å²) in [5, 5.41) is 3.69. The van der Waals surface area contributed by atoms with Crippen LogP contribution in [0.25, 0.3) is 0 Å². The average molecular weight is 196 g/mol. The molecule has 2 fully saturated rings. The predicted octanol–water partition coefficient (Wildman–Crippen LogP) is 1.86. The highest BCUT2D eigenvalue weighted by Crippen LogP contribution is 2.36. The molecule has 1 saturated carbocycles. The Morgan fingerprint density at radius 2 is 2.21 bits per heavy atom. The smallest absolute Gasteiger partial charge is 0.0277 e. The Hall–Kier alpha value is -0.0800. The van der Waals surface area contributed by atoms with Gasteiger partial charge >= 0.3 is 0 Å². The summed E-state index contributed by atoms with van der Waals surface area (Å²) >= 11 is 0. The van der Waals surface area contributed by atoms with Gasteiger partial charge in [-0.15, -0.1) is 0 Å². The van der Waals surface area contributed by atoms with Gasteiger partial charge < -0.3 is 5.32 Å². The van der Waals surface area contributed by atoms with Gasteiger partial charge in [0.05, 0.1) is 0 Å². The van der Waals surface area contributed by atoms with Crippen molar-refractivity contribution >= 4 is 0 Å². The standard InChI is InChI=1S/C12H24N2/c1-4-12(3)9-14(7-5-6-13-12)11-8-10(11)2/h10-11,13H,4-9H2,1-3H3. The lowest BCUT2D eigenvalue weighted by Crippen LogP contribution is -2.49. The molecule has 0 bridgehead atoms. The Morgan fingerprint density at radius 1 is 1.50 bits per heavy atom. The van der Waals surface area contributed by atoms with E-state index in [4.69, 9.17) is 0 Å². The van der Waals surface area contributed by atoms with Crippen LogP contribution in [0, 0.1) is 5.92 Å². The first-order chi connectivity index (χ1) is 6.64. The number of hydrogen-bond donors (Lipinski definition) is 1. The molecule has 1 N–H and O–H groups in total. The molecular formula is C12H24N2. The van der Waals surface area contributed by atoms with Gasteiger partial charge in [-0.2, -0.15) is 0 Å². The van der Waals surface area contributed by atoms with E-state index < -0.39 is 0 Å². The maximum atomic E-state index is 3.69. The summed E-state index contributed by atoms with van der Waals surface area (Å²) in [6, 6.07) is 0.903. The highest BCUT2D eigenvalue weighted by Gasteiger charge is 2.40. The predicted molar refractivity (Wildman–Crippen MR) is 60.5 cm³/mol. The van der Waals surface area contributed by atoms with Crippen molar-refractivity contribution in [3.63, 3.8) is 0 Å². The van der Waals surface area contributed by atoms with Gasteiger partial charge in [-0.3, -0.25) is 4.90 Å². The molecule has 3 unspecified atom stereocenters. The molecule has 1 saturated heterocycles. The van der Waals surface area contributed by atoms with E-state index in [0.717, 1.165) is 12.0 Å². The number of hydrogen-bond acceptors (Lipinski definition) is 2. The Balaban J connectivity index is 1.97. The Labute approximate surface area is 88.1 Å². The van der Waals surface area contributed by atoms with Crippen molar-refractivity contribution in [1.82, 2.24) is 10.2 Å². The molecule has 2 aliphatic rings. The molecule has 1 aliphatic carbocycles. The van der Waals surface area contributed by atoms with E-state index >= 15 is 0 Å². The van der Waals surface area contributed by atoms with E-state index in [1.807, 2.05) is 0 Å². The van der Waals surface area contributed by atoms with Crippen molar-refractivity contribution < 1.29 is 0 Å². The molecule has 0 radical (unpaired) electrons. The maximum Gasteiger partial charge on any atom is 0.0277 e. The van der Waals surface area contributed by atoms with E-state index in [9.17, 15) is 0 Å². The van der Waals surface area contributed by atoms with Crippen LogP contribution in [0.5, 0.6) is 0 Å². The summed E-state index contributed by atoms with van der Waals surface area (Å²) in [7, 11) is 0. The van der Waals surface area contributed by atoms with Crippen molar-refractivity contribution in [2.45, 2.75) is 51.6 Å². The molecule has 2 heteroatoms. The van der Waals surface area contributed by atoms with Gasteiger partial charge in [-0.25, -0.2) is 0 Å². The summed E-state index contributed by atoms with van der Waals surface area (Å²) < 4.78 is 0. The van der Waals surface area contributed by atoms with Crippen molar-refractivity contribution in [1.29, 1.82) is 0 Å². The van der Waals surface area contributed by atoms with Crippen LogP contribution < -0.4 is 5.32 Å². The molecule has 0 aromatic heterocycles. The van der Waals surface area contributed by atoms with Gasteiger partial charge in [0.2, 0.25) is 0 Å². The van der Waals surface area contributed by atoms with E-state index in [1.165, 1.54) is 38.9 Å². The van der Waals surface area contributed by atoms with Gasteiger partial charge in [-0.05, 0) is 45.2 Å². The molecule has 1 aliphatic heterocycles. The Morgan fingerprint density at radius 3 is 2.79 bits per heavy atom. The summed E-state index contributed by atoms with van der Waals surface area (Å²) in [6.45, 7) is 10.8. The highest BCUT2D eigenvalue weighted by molar-refractivity contribution is 4.97. The minimum Gasteiger partial charge on any atom is -0.310 e. The minimum absolute atomic E-state index is 0.360. The number of nitrogens with one attached hydrogen (secondary N) is 1. The van der Waals surface area contributed by atoms with Crippen molar-refractivity contribution in [3.8, 4) is 0 Å². The molecule has 0 amide bonds. The van der Waals surface area contributed by atoms with E-state index in [-0.39, 0.29) is 0 Å². The molecular weight excluding hydrogens is 172 g/mol. The first kappa shape index (κ1) is 10.4. The second-order valence-electron chi connectivity index (χ2n) is 5.45. The summed E-state index contributed by atoms with van der Waals surface area (Å²) in [4.78, 5) is 2.72. The Kier molecular flexibility index (Phi) is 2.85. The zero-order valence-electron chi connectivity index (χ0n) is 9.84. The topological polar surface area (TPSA) is 15.3 Å². The molecule has 2 nitrogen and oxygen atoms in total. The maximum absolute atomic E-state index is 3.69. The lowest BCUT2D eigenvalue weighted by Gasteiger charge is -2.33.